The highest BCUT2D eigenvalue weighted by Crippen LogP contribution is 2.59. The summed E-state index contributed by atoms with van der Waals surface area (Å²) in [7, 11) is -1.72. The van der Waals surface area contributed by atoms with E-state index in [1.807, 2.05) is 20.8 Å². The summed E-state index contributed by atoms with van der Waals surface area (Å²) in [5.41, 5.74) is 2.39. The van der Waals surface area contributed by atoms with Crippen molar-refractivity contribution < 1.29 is 4.21 Å². The van der Waals surface area contributed by atoms with E-state index in [-0.39, 0.29) is 21.1 Å². The van der Waals surface area contributed by atoms with Gasteiger partial charge in [-0.2, -0.15) is 0 Å². The Morgan fingerprint density at radius 1 is 0.727 bits per heavy atom. The maximum Gasteiger partial charge on any atom is 0.0979 e. The van der Waals surface area contributed by atoms with Gasteiger partial charge in [0.1, 0.15) is 0 Å². The smallest absolute Gasteiger partial charge is 0.0979 e. The van der Waals surface area contributed by atoms with Crippen LogP contribution in [0.2, 0.25) is 0 Å². The lowest BCUT2D eigenvalue weighted by Gasteiger charge is -2.43. The molecule has 0 saturated heterocycles. The zero-order valence-electron chi connectivity index (χ0n) is 21.7. The average molecular weight is 482 g/mol. The van der Waals surface area contributed by atoms with E-state index < -0.39 is 18.9 Å². The van der Waals surface area contributed by atoms with Crippen LogP contribution in [0, 0.1) is 0 Å². The molecule has 0 amide bonds. The molecule has 1 N–H and O–H groups in total. The van der Waals surface area contributed by atoms with Gasteiger partial charge in [-0.05, 0) is 64.4 Å². The van der Waals surface area contributed by atoms with Crippen LogP contribution in [0.5, 0.6) is 0 Å². The zero-order chi connectivity index (χ0) is 24.6. The van der Waals surface area contributed by atoms with Crippen molar-refractivity contribution in [2.24, 2.45) is 0 Å². The first-order chi connectivity index (χ1) is 15.2. The summed E-state index contributed by atoms with van der Waals surface area (Å²) < 4.78 is 16.5. The minimum absolute atomic E-state index is 0.140. The fourth-order valence-corrected chi connectivity index (χ4v) is 9.63. The molecule has 3 aromatic carbocycles. The molecule has 0 radical (unpaired) electrons. The average Bonchev–Trinajstić information content (AvgIpc) is 2.69. The van der Waals surface area contributed by atoms with E-state index in [0.29, 0.717) is 0 Å². The van der Waals surface area contributed by atoms with E-state index in [1.54, 1.807) is 0 Å². The molecule has 0 saturated carbocycles. The van der Waals surface area contributed by atoms with Gasteiger partial charge in [-0.15, -0.1) is 0 Å². The zero-order valence-corrected chi connectivity index (χ0v) is 23.4. The van der Waals surface area contributed by atoms with Crippen LogP contribution < -0.4 is 10.0 Å². The molecule has 2 nitrogen and oxygen atoms in total. The molecule has 4 heteroatoms. The fraction of sp³-hybridized carbons (Fsp3) is 0.448. The third-order valence-electron chi connectivity index (χ3n) is 5.72. The number of nitrogens with one attached hydrogen (secondary N) is 1. The standard InChI is InChI=1S/C29H40NOPS/c1-27(2,3)32(28(4,5)6)25-17-13-12-16-24(25)26(30-33(31)29(7,8)9)23-19-18-21-14-10-11-15-22(21)20-23/h10-20,26,30H,1-9H3/t26-,33+/m0/s1. The van der Waals surface area contributed by atoms with Crippen LogP contribution in [0.3, 0.4) is 0 Å². The number of rotatable bonds is 5. The second-order valence-electron chi connectivity index (χ2n) is 11.8. The van der Waals surface area contributed by atoms with Gasteiger partial charge >= 0.3 is 0 Å². The summed E-state index contributed by atoms with van der Waals surface area (Å²) >= 11 is 0. The van der Waals surface area contributed by atoms with E-state index in [0.717, 1.165) is 5.56 Å². The van der Waals surface area contributed by atoms with Crippen molar-refractivity contribution >= 4 is 35.0 Å². The molecule has 0 aliphatic heterocycles. The van der Waals surface area contributed by atoms with E-state index in [1.165, 1.54) is 21.6 Å². The lowest BCUT2D eigenvalue weighted by molar-refractivity contribution is 0.624. The summed E-state index contributed by atoms with van der Waals surface area (Å²) in [6.45, 7) is 20.2. The number of benzene rings is 3. The van der Waals surface area contributed by atoms with Gasteiger partial charge in [-0.3, -0.25) is 0 Å². The van der Waals surface area contributed by atoms with Crippen LogP contribution in [0.25, 0.3) is 10.8 Å². The van der Waals surface area contributed by atoms with E-state index in [9.17, 15) is 4.21 Å². The van der Waals surface area contributed by atoms with E-state index in [2.05, 4.69) is 113 Å². The van der Waals surface area contributed by atoms with Gasteiger partial charge in [0, 0.05) is 0 Å². The van der Waals surface area contributed by atoms with Crippen LogP contribution >= 0.6 is 7.92 Å². The first kappa shape index (κ1) is 26.1. The normalized spacial score (nSPS) is 15.1. The van der Waals surface area contributed by atoms with Crippen molar-refractivity contribution in [1.29, 1.82) is 0 Å². The maximum absolute atomic E-state index is 13.4. The second kappa shape index (κ2) is 9.61. The minimum atomic E-state index is -1.21. The Labute approximate surface area is 204 Å². The monoisotopic (exact) mass is 481 g/mol. The Hall–Kier alpha value is -1.54. The number of fused-ring (bicyclic) bond motifs is 1. The van der Waals surface area contributed by atoms with Crippen LogP contribution in [-0.2, 0) is 11.0 Å². The molecule has 3 rings (SSSR count). The largest absolute Gasteiger partial charge is 0.242 e. The summed E-state index contributed by atoms with van der Waals surface area (Å²) in [6.07, 6.45) is 0. The van der Waals surface area contributed by atoms with Crippen molar-refractivity contribution in [1.82, 2.24) is 4.72 Å². The molecular weight excluding hydrogens is 441 g/mol. The van der Waals surface area contributed by atoms with Gasteiger partial charge in [0.2, 0.25) is 0 Å². The number of hydrogen-bond acceptors (Lipinski definition) is 1. The Kier molecular flexibility index (Phi) is 7.59. The molecular formula is C29H40NOPS. The van der Waals surface area contributed by atoms with Crippen molar-refractivity contribution in [2.75, 3.05) is 0 Å². The third kappa shape index (κ3) is 6.13. The lowest BCUT2D eigenvalue weighted by Crippen LogP contribution is -2.39. The minimum Gasteiger partial charge on any atom is -0.242 e. The Balaban J connectivity index is 2.24. The van der Waals surface area contributed by atoms with Gasteiger partial charge < -0.3 is 0 Å². The summed E-state index contributed by atoms with van der Waals surface area (Å²) in [4.78, 5) is 0. The molecule has 0 unspecified atom stereocenters. The Morgan fingerprint density at radius 2 is 1.27 bits per heavy atom. The molecule has 0 heterocycles. The lowest BCUT2D eigenvalue weighted by atomic mass is 9.97. The number of hydrogen-bond donors (Lipinski definition) is 1. The Bertz CT molecular complexity index is 1120. The van der Waals surface area contributed by atoms with Crippen LogP contribution in [0.4, 0.5) is 0 Å². The summed E-state index contributed by atoms with van der Waals surface area (Å²) in [6, 6.07) is 23.7. The molecule has 0 aliphatic carbocycles. The quantitative estimate of drug-likeness (QED) is 0.372. The van der Waals surface area contributed by atoms with Crippen molar-refractivity contribution in [3.8, 4) is 0 Å². The first-order valence-corrected chi connectivity index (χ1v) is 14.2. The highest BCUT2D eigenvalue weighted by atomic mass is 32.2. The molecule has 33 heavy (non-hydrogen) atoms. The molecule has 0 aliphatic rings. The summed E-state index contributed by atoms with van der Waals surface area (Å²) in [5, 5.41) is 4.09. The van der Waals surface area contributed by atoms with E-state index in [4.69, 9.17) is 0 Å². The van der Waals surface area contributed by atoms with Gasteiger partial charge in [-0.25, -0.2) is 8.93 Å². The molecule has 0 aromatic heterocycles. The fourth-order valence-electron chi connectivity index (χ4n) is 4.65. The topological polar surface area (TPSA) is 29.1 Å². The molecule has 0 fully saturated rings. The molecule has 178 valence electrons. The highest BCUT2D eigenvalue weighted by molar-refractivity contribution is 7.84. The van der Waals surface area contributed by atoms with Crippen LogP contribution in [0.15, 0.2) is 66.7 Å². The van der Waals surface area contributed by atoms with Crippen LogP contribution in [-0.4, -0.2) is 19.3 Å². The molecule has 3 aromatic rings. The Morgan fingerprint density at radius 3 is 1.85 bits per heavy atom. The predicted molar refractivity (Wildman–Crippen MR) is 149 cm³/mol. The van der Waals surface area contributed by atoms with Gasteiger partial charge in [0.25, 0.3) is 0 Å². The SMILES string of the molecule is CC(C)(C)P(c1ccccc1[C@@H](N[S@](=O)C(C)(C)C)c1ccc2ccccc2c1)C(C)(C)C. The van der Waals surface area contributed by atoms with Gasteiger partial charge in [-0.1, -0.05) is 110 Å². The first-order valence-electron chi connectivity index (χ1n) is 11.8. The molecule has 0 spiro atoms. The van der Waals surface area contributed by atoms with E-state index >= 15 is 0 Å². The maximum atomic E-state index is 13.4. The van der Waals surface area contributed by atoms with Crippen molar-refractivity contribution in [3.05, 3.63) is 77.9 Å². The van der Waals surface area contributed by atoms with Crippen molar-refractivity contribution in [2.45, 2.75) is 83.4 Å². The van der Waals surface area contributed by atoms with Crippen LogP contribution in [0.1, 0.15) is 79.5 Å². The highest BCUT2D eigenvalue weighted by Gasteiger charge is 2.38. The van der Waals surface area contributed by atoms with Crippen molar-refractivity contribution in [3.63, 3.8) is 0 Å². The summed E-state index contributed by atoms with van der Waals surface area (Å²) in [5.74, 6) is 0. The third-order valence-corrected chi connectivity index (χ3v) is 10.9. The van der Waals surface area contributed by atoms with Gasteiger partial charge in [0.05, 0.1) is 21.8 Å². The molecule has 2 atom stereocenters. The second-order valence-corrected chi connectivity index (χ2v) is 17.6. The predicted octanol–water partition coefficient (Wildman–Crippen LogP) is 7.69. The molecule has 0 bridgehead atoms. The van der Waals surface area contributed by atoms with Gasteiger partial charge in [0.15, 0.2) is 0 Å².